The van der Waals surface area contributed by atoms with Crippen LogP contribution < -0.4 is 10.9 Å². The van der Waals surface area contributed by atoms with Crippen LogP contribution in [0.1, 0.15) is 16.7 Å². The molecule has 0 saturated heterocycles. The summed E-state index contributed by atoms with van der Waals surface area (Å²) in [6, 6.07) is 8.14. The minimum atomic E-state index is -0.0690. The van der Waals surface area contributed by atoms with E-state index in [0.29, 0.717) is 25.3 Å². The lowest BCUT2D eigenvalue weighted by Gasteiger charge is -2.12. The van der Waals surface area contributed by atoms with Crippen molar-refractivity contribution in [2.45, 2.75) is 26.9 Å². The van der Waals surface area contributed by atoms with Crippen molar-refractivity contribution in [1.29, 1.82) is 0 Å². The Labute approximate surface area is 130 Å². The molecule has 0 aliphatic carbocycles. The number of nitrogens with zero attached hydrogens (tertiary/aromatic N) is 2. The molecule has 2 rings (SSSR count). The second-order valence-electron chi connectivity index (χ2n) is 5.42. The molecule has 0 amide bonds. The molecule has 118 valence electrons. The number of methoxy groups -OCH3 is 1. The van der Waals surface area contributed by atoms with Crippen molar-refractivity contribution in [3.8, 4) is 11.3 Å². The van der Waals surface area contributed by atoms with Crippen LogP contribution in [0.4, 0.5) is 0 Å². The standard InChI is InChI=1S/C17H23N3O2/c1-12-5-6-13(2)15(9-12)16-10-14(11-18-3)17(21)20(19-16)7-8-22-4/h5-6,9-10,18H,7-8,11H2,1-4H3. The van der Waals surface area contributed by atoms with Crippen molar-refractivity contribution in [3.05, 3.63) is 51.3 Å². The van der Waals surface area contributed by atoms with Crippen molar-refractivity contribution < 1.29 is 4.74 Å². The largest absolute Gasteiger partial charge is 0.383 e. The van der Waals surface area contributed by atoms with Gasteiger partial charge in [0, 0.05) is 24.8 Å². The first kappa shape index (κ1) is 16.4. The maximum absolute atomic E-state index is 12.4. The Morgan fingerprint density at radius 2 is 2.05 bits per heavy atom. The van der Waals surface area contributed by atoms with Gasteiger partial charge in [-0.1, -0.05) is 17.7 Å². The van der Waals surface area contributed by atoms with Gasteiger partial charge < -0.3 is 10.1 Å². The zero-order valence-electron chi connectivity index (χ0n) is 13.6. The third-order valence-corrected chi connectivity index (χ3v) is 3.59. The molecule has 1 aromatic heterocycles. The highest BCUT2D eigenvalue weighted by Crippen LogP contribution is 2.22. The topological polar surface area (TPSA) is 56.1 Å². The number of aryl methyl sites for hydroxylation is 2. The van der Waals surface area contributed by atoms with E-state index in [2.05, 4.69) is 42.5 Å². The summed E-state index contributed by atoms with van der Waals surface area (Å²) < 4.78 is 6.57. The lowest BCUT2D eigenvalue weighted by Crippen LogP contribution is -2.30. The number of nitrogens with one attached hydrogen (secondary N) is 1. The van der Waals surface area contributed by atoms with E-state index in [1.165, 1.54) is 10.2 Å². The van der Waals surface area contributed by atoms with Gasteiger partial charge in [-0.25, -0.2) is 4.68 Å². The smallest absolute Gasteiger partial charge is 0.271 e. The first-order valence-corrected chi connectivity index (χ1v) is 7.39. The van der Waals surface area contributed by atoms with E-state index < -0.39 is 0 Å². The Morgan fingerprint density at radius 3 is 2.73 bits per heavy atom. The zero-order valence-corrected chi connectivity index (χ0v) is 13.6. The summed E-state index contributed by atoms with van der Waals surface area (Å²) in [7, 11) is 3.45. The van der Waals surface area contributed by atoms with Gasteiger partial charge in [0.2, 0.25) is 0 Å². The molecule has 0 spiro atoms. The van der Waals surface area contributed by atoms with Crippen molar-refractivity contribution in [1.82, 2.24) is 15.1 Å². The average molecular weight is 301 g/mol. The molecule has 5 nitrogen and oxygen atoms in total. The molecular formula is C17H23N3O2. The summed E-state index contributed by atoms with van der Waals surface area (Å²) in [5.41, 5.74) is 4.84. The molecule has 22 heavy (non-hydrogen) atoms. The van der Waals surface area contributed by atoms with Gasteiger partial charge in [-0.3, -0.25) is 4.79 Å². The second kappa shape index (κ2) is 7.33. The fraction of sp³-hybridized carbons (Fsp3) is 0.412. The van der Waals surface area contributed by atoms with Crippen LogP contribution in [0.2, 0.25) is 0 Å². The van der Waals surface area contributed by atoms with Gasteiger partial charge in [-0.15, -0.1) is 0 Å². The minimum absolute atomic E-state index is 0.0690. The molecule has 0 atom stereocenters. The van der Waals surface area contributed by atoms with Gasteiger partial charge in [0.25, 0.3) is 5.56 Å². The maximum atomic E-state index is 12.4. The van der Waals surface area contributed by atoms with Crippen LogP contribution in [-0.4, -0.2) is 30.5 Å². The molecule has 1 aromatic carbocycles. The molecule has 0 radical (unpaired) electrons. The van der Waals surface area contributed by atoms with E-state index >= 15 is 0 Å². The second-order valence-corrected chi connectivity index (χ2v) is 5.42. The fourth-order valence-electron chi connectivity index (χ4n) is 2.39. The molecule has 0 aliphatic heterocycles. The van der Waals surface area contributed by atoms with E-state index in [1.54, 1.807) is 7.11 Å². The highest BCUT2D eigenvalue weighted by Gasteiger charge is 2.11. The third kappa shape index (κ3) is 3.61. The molecule has 0 unspecified atom stereocenters. The van der Waals surface area contributed by atoms with Crippen LogP contribution in [0.25, 0.3) is 11.3 Å². The summed E-state index contributed by atoms with van der Waals surface area (Å²) in [6.07, 6.45) is 0. The molecule has 0 saturated carbocycles. The summed E-state index contributed by atoms with van der Waals surface area (Å²) in [6.45, 7) is 5.54. The van der Waals surface area contributed by atoms with E-state index in [-0.39, 0.29) is 5.56 Å². The Bertz CT molecular complexity index is 708. The Hall–Kier alpha value is -1.98. The summed E-state index contributed by atoms with van der Waals surface area (Å²) >= 11 is 0. The van der Waals surface area contributed by atoms with Gasteiger partial charge in [0.1, 0.15) is 0 Å². The SMILES string of the molecule is CNCc1cc(-c2cc(C)ccc2C)nn(CCOC)c1=O. The van der Waals surface area contributed by atoms with E-state index in [9.17, 15) is 4.79 Å². The number of benzene rings is 1. The van der Waals surface area contributed by atoms with Gasteiger partial charge in [0.15, 0.2) is 0 Å². The quantitative estimate of drug-likeness (QED) is 0.885. The normalized spacial score (nSPS) is 10.9. The Balaban J connectivity index is 2.57. The van der Waals surface area contributed by atoms with Crippen molar-refractivity contribution in [2.75, 3.05) is 20.8 Å². The van der Waals surface area contributed by atoms with Gasteiger partial charge in [0.05, 0.1) is 18.8 Å². The van der Waals surface area contributed by atoms with E-state index in [4.69, 9.17) is 4.74 Å². The molecule has 2 aromatic rings. The van der Waals surface area contributed by atoms with Gasteiger partial charge in [-0.2, -0.15) is 5.10 Å². The third-order valence-electron chi connectivity index (χ3n) is 3.59. The Kier molecular flexibility index (Phi) is 5.46. The summed E-state index contributed by atoms with van der Waals surface area (Å²) in [4.78, 5) is 12.4. The number of rotatable bonds is 6. The van der Waals surface area contributed by atoms with Crippen LogP contribution in [0.5, 0.6) is 0 Å². The molecule has 0 fully saturated rings. The lowest BCUT2D eigenvalue weighted by atomic mass is 10.0. The molecule has 1 heterocycles. The number of ether oxygens (including phenoxy) is 1. The first-order chi connectivity index (χ1) is 10.6. The number of hydrogen-bond acceptors (Lipinski definition) is 4. The van der Waals surface area contributed by atoms with Gasteiger partial charge in [-0.05, 0) is 38.6 Å². The molecule has 0 aliphatic rings. The highest BCUT2D eigenvalue weighted by atomic mass is 16.5. The predicted octanol–water partition coefficient (Wildman–Crippen LogP) is 1.89. The monoisotopic (exact) mass is 301 g/mol. The molecular weight excluding hydrogens is 278 g/mol. The van der Waals surface area contributed by atoms with E-state index in [0.717, 1.165) is 16.8 Å². The summed E-state index contributed by atoms with van der Waals surface area (Å²) in [5, 5.41) is 7.56. The fourth-order valence-corrected chi connectivity index (χ4v) is 2.39. The van der Waals surface area contributed by atoms with Crippen molar-refractivity contribution in [2.24, 2.45) is 0 Å². The summed E-state index contributed by atoms with van der Waals surface area (Å²) in [5.74, 6) is 0. The van der Waals surface area contributed by atoms with Crippen LogP contribution in [0, 0.1) is 13.8 Å². The average Bonchev–Trinajstić information content (AvgIpc) is 2.50. The number of hydrogen-bond donors (Lipinski definition) is 1. The molecule has 5 heteroatoms. The zero-order chi connectivity index (χ0) is 16.1. The van der Waals surface area contributed by atoms with E-state index in [1.807, 2.05) is 13.1 Å². The number of aromatic nitrogens is 2. The van der Waals surface area contributed by atoms with Crippen LogP contribution in [-0.2, 0) is 17.8 Å². The molecule has 0 bridgehead atoms. The van der Waals surface area contributed by atoms with Crippen LogP contribution in [0.15, 0.2) is 29.1 Å². The maximum Gasteiger partial charge on any atom is 0.271 e. The van der Waals surface area contributed by atoms with Crippen molar-refractivity contribution in [3.63, 3.8) is 0 Å². The molecule has 1 N–H and O–H groups in total. The lowest BCUT2D eigenvalue weighted by molar-refractivity contribution is 0.182. The Morgan fingerprint density at radius 1 is 1.27 bits per heavy atom. The first-order valence-electron chi connectivity index (χ1n) is 7.39. The predicted molar refractivity (Wildman–Crippen MR) is 88.0 cm³/mol. The van der Waals surface area contributed by atoms with Crippen molar-refractivity contribution >= 4 is 0 Å². The van der Waals surface area contributed by atoms with Crippen LogP contribution >= 0.6 is 0 Å². The minimum Gasteiger partial charge on any atom is -0.383 e. The van der Waals surface area contributed by atoms with Gasteiger partial charge >= 0.3 is 0 Å². The van der Waals surface area contributed by atoms with Crippen LogP contribution in [0.3, 0.4) is 0 Å². The highest BCUT2D eigenvalue weighted by molar-refractivity contribution is 5.64.